The minimum absolute atomic E-state index is 0.0393. The van der Waals surface area contributed by atoms with Crippen LogP contribution in [0.15, 0.2) is 60.7 Å². The molecule has 2 aliphatic rings. The van der Waals surface area contributed by atoms with Gasteiger partial charge in [0.15, 0.2) is 0 Å². The second-order valence-electron chi connectivity index (χ2n) is 9.01. The molecular weight excluding hydrogens is 448 g/mol. The summed E-state index contributed by atoms with van der Waals surface area (Å²) in [4.78, 5) is 53.4. The lowest BCUT2D eigenvalue weighted by molar-refractivity contribution is -0.149. The van der Waals surface area contributed by atoms with E-state index in [4.69, 9.17) is 0 Å². The highest BCUT2D eigenvalue weighted by molar-refractivity contribution is 5.94. The van der Waals surface area contributed by atoms with Crippen LogP contribution in [0.5, 0.6) is 0 Å². The number of hydrogen-bond acceptors (Lipinski definition) is 5. The van der Waals surface area contributed by atoms with Gasteiger partial charge in [-0.25, -0.2) is 0 Å². The Balaban J connectivity index is 1.61. The Morgan fingerprint density at radius 1 is 0.800 bits per heavy atom. The van der Waals surface area contributed by atoms with Gasteiger partial charge in [0.2, 0.25) is 23.9 Å². The highest BCUT2D eigenvalue weighted by Crippen LogP contribution is 2.19. The van der Waals surface area contributed by atoms with Crippen LogP contribution in [0.4, 0.5) is 0 Å². The van der Waals surface area contributed by atoms with Crippen LogP contribution in [0, 0.1) is 0 Å². The third-order valence-corrected chi connectivity index (χ3v) is 6.39. The maximum Gasteiger partial charge on any atom is 0.273 e. The van der Waals surface area contributed by atoms with Gasteiger partial charge in [0.1, 0.15) is 12.1 Å². The minimum atomic E-state index is -1.81. The third-order valence-electron chi connectivity index (χ3n) is 6.39. The fourth-order valence-corrected chi connectivity index (χ4v) is 4.66. The summed E-state index contributed by atoms with van der Waals surface area (Å²) in [7, 11) is 0. The number of rotatable bonds is 4. The van der Waals surface area contributed by atoms with Crippen molar-refractivity contribution in [3.05, 3.63) is 71.8 Å². The third kappa shape index (κ3) is 6.24. The molecule has 4 amide bonds. The topological polar surface area (TPSA) is 128 Å². The first-order valence-electron chi connectivity index (χ1n) is 11.9. The molecule has 2 aliphatic heterocycles. The number of nitrogens with zero attached hydrogens (tertiary/aromatic N) is 1. The first-order chi connectivity index (χ1) is 16.9. The molecule has 4 N–H and O–H groups in total. The lowest BCUT2D eigenvalue weighted by atomic mass is 10.0. The maximum absolute atomic E-state index is 13.1. The van der Waals surface area contributed by atoms with Crippen LogP contribution in [-0.2, 0) is 32.0 Å². The summed E-state index contributed by atoms with van der Waals surface area (Å²) in [5, 5.41) is 18.4. The molecule has 0 bridgehead atoms. The molecule has 0 radical (unpaired) electrons. The fourth-order valence-electron chi connectivity index (χ4n) is 4.66. The van der Waals surface area contributed by atoms with E-state index in [-0.39, 0.29) is 18.7 Å². The van der Waals surface area contributed by atoms with Gasteiger partial charge in [-0.3, -0.25) is 19.2 Å². The molecule has 0 aliphatic carbocycles. The first-order valence-corrected chi connectivity index (χ1v) is 11.9. The Bertz CT molecular complexity index is 1060. The predicted molar refractivity (Wildman–Crippen MR) is 128 cm³/mol. The zero-order valence-corrected chi connectivity index (χ0v) is 19.4. The molecule has 0 spiro atoms. The summed E-state index contributed by atoms with van der Waals surface area (Å²) in [6.07, 6.45) is -0.209. The van der Waals surface area contributed by atoms with Crippen molar-refractivity contribution >= 4 is 23.6 Å². The van der Waals surface area contributed by atoms with Crippen LogP contribution in [0.25, 0.3) is 0 Å². The van der Waals surface area contributed by atoms with E-state index in [9.17, 15) is 24.3 Å². The van der Waals surface area contributed by atoms with Gasteiger partial charge in [-0.2, -0.15) is 0 Å². The quantitative estimate of drug-likeness (QED) is 0.502. The second-order valence-corrected chi connectivity index (χ2v) is 9.01. The SMILES string of the molecule is O=C1C[C@H](Cc2ccccc2)NC(=O)[C@@H]2CCCN2C(=O)[C@H](O)NC(=O)[C@H](Cc2ccccc2)N1. The van der Waals surface area contributed by atoms with Crippen LogP contribution < -0.4 is 16.0 Å². The number of amides is 4. The summed E-state index contributed by atoms with van der Waals surface area (Å²) in [6, 6.07) is 16.3. The van der Waals surface area contributed by atoms with Crippen molar-refractivity contribution in [2.45, 2.75) is 56.5 Å². The maximum atomic E-state index is 13.1. The minimum Gasteiger partial charge on any atom is -0.365 e. The number of benzene rings is 2. The van der Waals surface area contributed by atoms with Crippen LogP contribution >= 0.6 is 0 Å². The van der Waals surface area contributed by atoms with E-state index < -0.39 is 42.1 Å². The Labute approximate surface area is 203 Å². The summed E-state index contributed by atoms with van der Waals surface area (Å²) < 4.78 is 0. The monoisotopic (exact) mass is 478 g/mol. The Morgan fingerprint density at radius 2 is 1.43 bits per heavy atom. The van der Waals surface area contributed by atoms with E-state index >= 15 is 0 Å². The van der Waals surface area contributed by atoms with Crippen LogP contribution in [-0.4, -0.2) is 64.5 Å². The van der Waals surface area contributed by atoms with E-state index in [1.165, 1.54) is 4.90 Å². The number of aliphatic hydroxyl groups is 1. The van der Waals surface area contributed by atoms with E-state index in [0.29, 0.717) is 25.8 Å². The Hall–Kier alpha value is -3.72. The molecule has 4 atom stereocenters. The zero-order valence-electron chi connectivity index (χ0n) is 19.4. The zero-order chi connectivity index (χ0) is 24.8. The number of nitrogens with one attached hydrogen (secondary N) is 3. The van der Waals surface area contributed by atoms with Crippen molar-refractivity contribution in [1.29, 1.82) is 0 Å². The molecule has 184 valence electrons. The van der Waals surface area contributed by atoms with E-state index in [1.807, 2.05) is 60.7 Å². The second kappa shape index (κ2) is 11.1. The number of aliphatic hydroxyl groups excluding tert-OH is 1. The highest BCUT2D eigenvalue weighted by Gasteiger charge is 2.39. The van der Waals surface area contributed by atoms with Gasteiger partial charge in [0, 0.05) is 25.4 Å². The fraction of sp³-hybridized carbons (Fsp3) is 0.385. The molecule has 2 saturated heterocycles. The van der Waals surface area contributed by atoms with Gasteiger partial charge < -0.3 is 26.0 Å². The van der Waals surface area contributed by atoms with Gasteiger partial charge >= 0.3 is 0 Å². The summed E-state index contributed by atoms with van der Waals surface area (Å²) >= 11 is 0. The van der Waals surface area contributed by atoms with Crippen LogP contribution in [0.1, 0.15) is 30.4 Å². The molecule has 2 fully saturated rings. The lowest BCUT2D eigenvalue weighted by Gasteiger charge is -2.28. The molecule has 2 heterocycles. The Morgan fingerprint density at radius 3 is 2.09 bits per heavy atom. The summed E-state index contributed by atoms with van der Waals surface area (Å²) in [5.74, 6) is -2.19. The molecule has 2 aromatic carbocycles. The van der Waals surface area contributed by atoms with Crippen LogP contribution in [0.2, 0.25) is 0 Å². The van der Waals surface area contributed by atoms with E-state index in [0.717, 1.165) is 11.1 Å². The highest BCUT2D eigenvalue weighted by atomic mass is 16.3. The van der Waals surface area contributed by atoms with E-state index in [1.54, 1.807) is 0 Å². The van der Waals surface area contributed by atoms with Gasteiger partial charge in [0.25, 0.3) is 5.91 Å². The van der Waals surface area contributed by atoms with Gasteiger partial charge in [-0.1, -0.05) is 60.7 Å². The average molecular weight is 479 g/mol. The number of fused-ring (bicyclic) bond motifs is 1. The van der Waals surface area contributed by atoms with Crippen molar-refractivity contribution < 1.29 is 24.3 Å². The lowest BCUT2D eigenvalue weighted by Crippen LogP contribution is -2.56. The Kier molecular flexibility index (Phi) is 7.77. The van der Waals surface area contributed by atoms with Crippen molar-refractivity contribution in [1.82, 2.24) is 20.9 Å². The van der Waals surface area contributed by atoms with Gasteiger partial charge in [-0.05, 0) is 30.4 Å². The number of carbonyl (C=O) groups is 4. The summed E-state index contributed by atoms with van der Waals surface area (Å²) in [6.45, 7) is 0.303. The van der Waals surface area contributed by atoms with Crippen molar-refractivity contribution in [2.75, 3.05) is 6.54 Å². The van der Waals surface area contributed by atoms with Crippen molar-refractivity contribution in [3.8, 4) is 0 Å². The molecular formula is C26H30N4O5. The molecule has 4 rings (SSSR count). The summed E-state index contributed by atoms with van der Waals surface area (Å²) in [5.41, 5.74) is 1.76. The molecule has 0 saturated carbocycles. The first kappa shape index (κ1) is 24.4. The number of hydrogen-bond donors (Lipinski definition) is 4. The van der Waals surface area contributed by atoms with Crippen LogP contribution in [0.3, 0.4) is 0 Å². The smallest absolute Gasteiger partial charge is 0.273 e. The van der Waals surface area contributed by atoms with Gasteiger partial charge in [-0.15, -0.1) is 0 Å². The van der Waals surface area contributed by atoms with Gasteiger partial charge in [0.05, 0.1) is 0 Å². The average Bonchev–Trinajstić information content (AvgIpc) is 3.34. The normalized spacial score (nSPS) is 25.9. The largest absolute Gasteiger partial charge is 0.365 e. The number of carbonyl (C=O) groups excluding carboxylic acids is 4. The molecule has 0 aromatic heterocycles. The molecule has 9 nitrogen and oxygen atoms in total. The standard InChI is InChI=1S/C26H30N4O5/c31-22-16-19(14-17-8-3-1-4-9-17)27-24(33)21-12-7-13-30(21)26(35)25(34)29-23(32)20(28-22)15-18-10-5-2-6-11-18/h1-6,8-11,19-21,25,34H,7,12-16H2,(H,27,33)(H,28,31)(H,29,32)/t19-,20-,21-,25-/m0/s1. The van der Waals surface area contributed by atoms with Crippen molar-refractivity contribution in [2.24, 2.45) is 0 Å². The molecule has 35 heavy (non-hydrogen) atoms. The van der Waals surface area contributed by atoms with E-state index in [2.05, 4.69) is 16.0 Å². The molecule has 9 heteroatoms. The molecule has 2 aromatic rings. The molecule has 0 unspecified atom stereocenters. The predicted octanol–water partition coefficient (Wildman–Crippen LogP) is 0.271. The van der Waals surface area contributed by atoms with Crippen molar-refractivity contribution in [3.63, 3.8) is 0 Å².